The van der Waals surface area contributed by atoms with Crippen LogP contribution in [0.5, 0.6) is 5.75 Å². The van der Waals surface area contributed by atoms with Gasteiger partial charge in [0.25, 0.3) is 5.92 Å². The smallest absolute Gasteiger partial charge is 0.255 e. The summed E-state index contributed by atoms with van der Waals surface area (Å²) in [5, 5.41) is 0.220. The summed E-state index contributed by atoms with van der Waals surface area (Å²) in [5.74, 6) is -2.18. The van der Waals surface area contributed by atoms with Gasteiger partial charge in [0, 0.05) is 19.0 Å². The van der Waals surface area contributed by atoms with Crippen molar-refractivity contribution in [2.24, 2.45) is 0 Å². The molecule has 2 rings (SSSR count). The number of halogens is 4. The number of nitrogens with zero attached hydrogens (tertiary/aromatic N) is 1. The van der Waals surface area contributed by atoms with Gasteiger partial charge < -0.3 is 4.74 Å². The van der Waals surface area contributed by atoms with Crippen LogP contribution in [0.1, 0.15) is 12.8 Å². The van der Waals surface area contributed by atoms with Crippen LogP contribution in [0.15, 0.2) is 12.3 Å². The summed E-state index contributed by atoms with van der Waals surface area (Å²) in [5.41, 5.74) is 0. The molecule has 0 bridgehead atoms. The summed E-state index contributed by atoms with van der Waals surface area (Å²) in [6, 6.07) is 1.72. The summed E-state index contributed by atoms with van der Waals surface area (Å²) < 4.78 is 31.3. The van der Waals surface area contributed by atoms with Gasteiger partial charge in [0.15, 0.2) is 10.9 Å². The molecule has 2 nitrogen and oxygen atoms in total. The Morgan fingerprint density at radius 2 is 2.20 bits per heavy atom. The molecule has 15 heavy (non-hydrogen) atoms. The van der Waals surface area contributed by atoms with E-state index >= 15 is 0 Å². The minimum absolute atomic E-state index is 0.220. The molecular weight excluding hydrogens is 338 g/mol. The Kier molecular flexibility index (Phi) is 3.03. The van der Waals surface area contributed by atoms with E-state index in [1.165, 1.54) is 0 Å². The van der Waals surface area contributed by atoms with E-state index in [0.29, 0.717) is 5.75 Å². The van der Waals surface area contributed by atoms with Crippen LogP contribution in [-0.2, 0) is 0 Å². The van der Waals surface area contributed by atoms with Gasteiger partial charge in [-0.1, -0.05) is 11.6 Å². The lowest BCUT2D eigenvalue weighted by Gasteiger charge is -2.35. The first-order chi connectivity index (χ1) is 6.98. The van der Waals surface area contributed by atoms with E-state index in [1.54, 1.807) is 12.3 Å². The summed E-state index contributed by atoms with van der Waals surface area (Å²) >= 11 is 7.83. The maximum absolute atomic E-state index is 12.6. The number of rotatable bonds is 2. The van der Waals surface area contributed by atoms with Crippen molar-refractivity contribution in [3.05, 3.63) is 21.0 Å². The van der Waals surface area contributed by atoms with Crippen molar-refractivity contribution < 1.29 is 13.5 Å². The first-order valence-electron chi connectivity index (χ1n) is 4.32. The molecule has 0 spiro atoms. The highest BCUT2D eigenvalue weighted by atomic mass is 127. The van der Waals surface area contributed by atoms with Crippen molar-refractivity contribution in [2.75, 3.05) is 0 Å². The molecule has 1 aromatic heterocycles. The lowest BCUT2D eigenvalue weighted by Crippen LogP contribution is -2.43. The maximum Gasteiger partial charge on any atom is 0.255 e. The summed E-state index contributed by atoms with van der Waals surface area (Å²) in [7, 11) is 0. The molecule has 82 valence electrons. The molecule has 0 unspecified atom stereocenters. The van der Waals surface area contributed by atoms with Gasteiger partial charge in [0.1, 0.15) is 6.10 Å². The van der Waals surface area contributed by atoms with Gasteiger partial charge in [0.2, 0.25) is 0 Å². The fraction of sp³-hybridized carbons (Fsp3) is 0.444. The third-order valence-corrected chi connectivity index (χ3v) is 3.27. The Morgan fingerprint density at radius 3 is 2.73 bits per heavy atom. The van der Waals surface area contributed by atoms with E-state index in [0.717, 1.165) is 3.57 Å². The van der Waals surface area contributed by atoms with Crippen molar-refractivity contribution in [3.8, 4) is 5.75 Å². The highest BCUT2D eigenvalue weighted by molar-refractivity contribution is 14.1. The average molecular weight is 346 g/mol. The molecule has 0 atom stereocenters. The van der Waals surface area contributed by atoms with E-state index in [-0.39, 0.29) is 18.0 Å². The normalized spacial score (nSPS) is 19.7. The third-order valence-electron chi connectivity index (χ3n) is 2.15. The highest BCUT2D eigenvalue weighted by Gasteiger charge is 2.47. The summed E-state index contributed by atoms with van der Waals surface area (Å²) in [6.07, 6.45) is 0.616. The average Bonchev–Trinajstić information content (AvgIpc) is 2.08. The zero-order valence-electron chi connectivity index (χ0n) is 7.51. The second kappa shape index (κ2) is 4.01. The molecule has 0 N–H and O–H groups in total. The summed E-state index contributed by atoms with van der Waals surface area (Å²) in [4.78, 5) is 3.84. The van der Waals surface area contributed by atoms with Crippen LogP contribution < -0.4 is 4.74 Å². The fourth-order valence-corrected chi connectivity index (χ4v) is 2.27. The molecule has 1 heterocycles. The molecule has 0 saturated heterocycles. The number of hydrogen-bond acceptors (Lipinski definition) is 2. The standard InChI is InChI=1S/C9H7ClF2INO/c10-8-7(6(13)1-2-14-8)15-5-3-9(11,12)4-5/h1-2,5H,3-4H2. The second-order valence-electron chi connectivity index (χ2n) is 3.42. The Labute approximate surface area is 104 Å². The van der Waals surface area contributed by atoms with Crippen molar-refractivity contribution in [3.63, 3.8) is 0 Å². The Morgan fingerprint density at radius 1 is 1.53 bits per heavy atom. The van der Waals surface area contributed by atoms with Gasteiger partial charge in [-0.15, -0.1) is 0 Å². The first kappa shape index (κ1) is 11.3. The first-order valence-corrected chi connectivity index (χ1v) is 5.78. The molecule has 1 fully saturated rings. The van der Waals surface area contributed by atoms with Crippen LogP contribution in [0.3, 0.4) is 0 Å². The van der Waals surface area contributed by atoms with Crippen LogP contribution in [-0.4, -0.2) is 17.0 Å². The van der Waals surface area contributed by atoms with Gasteiger partial charge in [-0.25, -0.2) is 13.8 Å². The van der Waals surface area contributed by atoms with E-state index < -0.39 is 12.0 Å². The number of alkyl halides is 2. The van der Waals surface area contributed by atoms with Crippen molar-refractivity contribution in [1.82, 2.24) is 4.98 Å². The maximum atomic E-state index is 12.6. The minimum atomic E-state index is -2.58. The molecule has 1 aliphatic carbocycles. The lowest BCUT2D eigenvalue weighted by atomic mass is 9.91. The third kappa shape index (κ3) is 2.50. The van der Waals surface area contributed by atoms with E-state index in [9.17, 15) is 8.78 Å². The molecule has 1 saturated carbocycles. The van der Waals surface area contributed by atoms with Gasteiger partial charge >= 0.3 is 0 Å². The molecule has 1 aliphatic rings. The molecule has 0 radical (unpaired) electrons. The molecular formula is C9H7ClF2INO. The van der Waals surface area contributed by atoms with Gasteiger partial charge in [-0.05, 0) is 28.7 Å². The van der Waals surface area contributed by atoms with Crippen LogP contribution in [0, 0.1) is 3.57 Å². The molecule has 1 aromatic rings. The number of ether oxygens (including phenoxy) is 1. The number of pyridine rings is 1. The molecule has 0 aliphatic heterocycles. The Hall–Kier alpha value is -0.170. The van der Waals surface area contributed by atoms with Gasteiger partial charge in [0.05, 0.1) is 3.57 Å². The predicted octanol–water partition coefficient (Wildman–Crippen LogP) is 3.52. The zero-order valence-corrected chi connectivity index (χ0v) is 10.4. The minimum Gasteiger partial charge on any atom is -0.486 e. The quantitative estimate of drug-likeness (QED) is 0.604. The predicted molar refractivity (Wildman–Crippen MR) is 60.6 cm³/mol. The summed E-state index contributed by atoms with van der Waals surface area (Å²) in [6.45, 7) is 0. The van der Waals surface area contributed by atoms with Crippen molar-refractivity contribution in [1.29, 1.82) is 0 Å². The largest absolute Gasteiger partial charge is 0.486 e. The monoisotopic (exact) mass is 345 g/mol. The highest BCUT2D eigenvalue weighted by Crippen LogP contribution is 2.41. The van der Waals surface area contributed by atoms with Crippen LogP contribution in [0.25, 0.3) is 0 Å². The lowest BCUT2D eigenvalue weighted by molar-refractivity contribution is -0.134. The molecule has 0 amide bonds. The number of hydrogen-bond donors (Lipinski definition) is 0. The fourth-order valence-electron chi connectivity index (χ4n) is 1.36. The van der Waals surface area contributed by atoms with E-state index in [4.69, 9.17) is 16.3 Å². The SMILES string of the molecule is FC1(F)CC(Oc2c(I)ccnc2Cl)C1. The molecule has 0 aromatic carbocycles. The van der Waals surface area contributed by atoms with Crippen LogP contribution >= 0.6 is 34.2 Å². The molecule has 6 heteroatoms. The van der Waals surface area contributed by atoms with Gasteiger partial charge in [-0.3, -0.25) is 0 Å². The Bertz CT molecular complexity index is 360. The van der Waals surface area contributed by atoms with Crippen LogP contribution in [0.2, 0.25) is 5.15 Å². The van der Waals surface area contributed by atoms with Crippen molar-refractivity contribution in [2.45, 2.75) is 24.9 Å². The second-order valence-corrected chi connectivity index (χ2v) is 4.94. The zero-order chi connectivity index (χ0) is 11.1. The van der Waals surface area contributed by atoms with Gasteiger partial charge in [-0.2, -0.15) is 0 Å². The van der Waals surface area contributed by atoms with Crippen molar-refractivity contribution >= 4 is 34.2 Å². The number of aromatic nitrogens is 1. The van der Waals surface area contributed by atoms with E-state index in [2.05, 4.69) is 4.98 Å². The topological polar surface area (TPSA) is 22.1 Å². The van der Waals surface area contributed by atoms with Crippen LogP contribution in [0.4, 0.5) is 8.78 Å². The Balaban J connectivity index is 2.06. The van der Waals surface area contributed by atoms with E-state index in [1.807, 2.05) is 22.6 Å².